The summed E-state index contributed by atoms with van der Waals surface area (Å²) in [5.41, 5.74) is -1.77. The standard InChI is InChI=1S/C24H13BrF4N2O5S/c25-16-6-8-19(36-20-7-5-15(24(27,28)29)11-18(20)31(34)35)14(9-16)10-21-22(32)30(23(33)37-21)12-13-3-1-2-4-17(13)26/h1-11H,12H2/b21-10-. The van der Waals surface area contributed by atoms with E-state index in [1.165, 1.54) is 42.5 Å². The van der Waals surface area contributed by atoms with E-state index in [9.17, 15) is 37.3 Å². The fourth-order valence-corrected chi connectivity index (χ4v) is 4.55. The largest absolute Gasteiger partial charge is 0.449 e. The van der Waals surface area contributed by atoms with Crippen LogP contribution in [0.4, 0.5) is 28.0 Å². The molecule has 1 saturated heterocycles. The Morgan fingerprint density at radius 2 is 1.76 bits per heavy atom. The van der Waals surface area contributed by atoms with Gasteiger partial charge in [-0.05, 0) is 54.2 Å². The highest BCUT2D eigenvalue weighted by atomic mass is 79.9. The predicted octanol–water partition coefficient (Wildman–Crippen LogP) is 7.54. The molecular weight excluding hydrogens is 584 g/mol. The van der Waals surface area contributed by atoms with Crippen LogP contribution < -0.4 is 4.74 Å². The third-order valence-electron chi connectivity index (χ3n) is 5.12. The summed E-state index contributed by atoms with van der Waals surface area (Å²) in [5.74, 6) is -1.74. The number of alkyl halides is 3. The van der Waals surface area contributed by atoms with Gasteiger partial charge < -0.3 is 4.74 Å². The molecule has 1 heterocycles. The number of nitro benzene ring substituents is 1. The van der Waals surface area contributed by atoms with Gasteiger partial charge in [-0.25, -0.2) is 4.39 Å². The second kappa shape index (κ2) is 10.3. The number of carbonyl (C=O) groups excluding carboxylic acids is 2. The van der Waals surface area contributed by atoms with Crippen LogP contribution in [0.15, 0.2) is 70.0 Å². The van der Waals surface area contributed by atoms with Crippen molar-refractivity contribution in [2.24, 2.45) is 0 Å². The minimum absolute atomic E-state index is 0.0213. The van der Waals surface area contributed by atoms with Crippen molar-refractivity contribution >= 4 is 50.6 Å². The van der Waals surface area contributed by atoms with Gasteiger partial charge in [-0.1, -0.05) is 34.1 Å². The molecule has 190 valence electrons. The highest BCUT2D eigenvalue weighted by Gasteiger charge is 2.36. The molecule has 0 spiro atoms. The van der Waals surface area contributed by atoms with Gasteiger partial charge in [0.25, 0.3) is 11.1 Å². The molecule has 0 saturated carbocycles. The molecule has 3 aromatic carbocycles. The number of halogens is 5. The number of benzene rings is 3. The third kappa shape index (κ3) is 5.83. The van der Waals surface area contributed by atoms with E-state index in [1.54, 1.807) is 6.07 Å². The van der Waals surface area contributed by atoms with Gasteiger partial charge in [-0.3, -0.25) is 24.6 Å². The highest BCUT2D eigenvalue weighted by molar-refractivity contribution is 9.10. The second-order valence-electron chi connectivity index (χ2n) is 7.58. The van der Waals surface area contributed by atoms with E-state index in [1.807, 2.05) is 0 Å². The number of hydrogen-bond donors (Lipinski definition) is 0. The number of imide groups is 1. The number of nitrogens with zero attached hydrogens (tertiary/aromatic N) is 2. The molecule has 1 aliphatic heterocycles. The number of carbonyl (C=O) groups is 2. The van der Waals surface area contributed by atoms with Crippen LogP contribution in [-0.2, 0) is 17.5 Å². The van der Waals surface area contributed by atoms with Gasteiger partial charge in [-0.2, -0.15) is 13.2 Å². The smallest absolute Gasteiger partial charge is 0.416 e. The summed E-state index contributed by atoms with van der Waals surface area (Å²) in [6.45, 7) is -0.283. The number of amides is 2. The van der Waals surface area contributed by atoms with E-state index in [0.717, 1.165) is 11.0 Å². The molecule has 13 heteroatoms. The summed E-state index contributed by atoms with van der Waals surface area (Å²) in [6.07, 6.45) is -3.49. The maximum absolute atomic E-state index is 14.0. The van der Waals surface area contributed by atoms with Crippen LogP contribution in [-0.4, -0.2) is 21.0 Å². The molecular formula is C24H13BrF4N2O5S. The molecule has 4 rings (SSSR count). The Labute approximate surface area is 219 Å². The normalized spacial score (nSPS) is 14.9. The maximum Gasteiger partial charge on any atom is 0.416 e. The Balaban J connectivity index is 1.67. The van der Waals surface area contributed by atoms with Gasteiger partial charge in [0.1, 0.15) is 11.6 Å². The van der Waals surface area contributed by atoms with E-state index in [4.69, 9.17) is 4.74 Å². The van der Waals surface area contributed by atoms with Gasteiger partial charge in [0.2, 0.25) is 5.75 Å². The number of ether oxygens (including phenoxy) is 1. The summed E-state index contributed by atoms with van der Waals surface area (Å²) in [7, 11) is 0. The van der Waals surface area contributed by atoms with Crippen LogP contribution in [0.25, 0.3) is 6.08 Å². The van der Waals surface area contributed by atoms with E-state index in [0.29, 0.717) is 28.4 Å². The first-order chi connectivity index (χ1) is 17.4. The first-order valence-electron chi connectivity index (χ1n) is 10.3. The van der Waals surface area contributed by atoms with Gasteiger partial charge in [0.15, 0.2) is 0 Å². The van der Waals surface area contributed by atoms with Crippen molar-refractivity contribution in [2.75, 3.05) is 0 Å². The van der Waals surface area contributed by atoms with Crippen LogP contribution >= 0.6 is 27.7 Å². The van der Waals surface area contributed by atoms with Gasteiger partial charge in [0, 0.05) is 21.7 Å². The van der Waals surface area contributed by atoms with Crippen molar-refractivity contribution in [2.45, 2.75) is 12.7 Å². The summed E-state index contributed by atoms with van der Waals surface area (Å²) >= 11 is 3.87. The van der Waals surface area contributed by atoms with Gasteiger partial charge in [0.05, 0.1) is 21.9 Å². The summed E-state index contributed by atoms with van der Waals surface area (Å²) < 4.78 is 59.2. The quantitative estimate of drug-likeness (QED) is 0.126. The third-order valence-corrected chi connectivity index (χ3v) is 6.52. The van der Waals surface area contributed by atoms with E-state index in [2.05, 4.69) is 15.9 Å². The molecule has 0 radical (unpaired) electrons. The summed E-state index contributed by atoms with van der Waals surface area (Å²) in [5, 5.41) is 10.8. The molecule has 2 amide bonds. The minimum atomic E-state index is -4.79. The average molecular weight is 597 g/mol. The fraction of sp³-hybridized carbons (Fsp3) is 0.0833. The lowest BCUT2D eigenvalue weighted by Crippen LogP contribution is -2.27. The van der Waals surface area contributed by atoms with Crippen molar-refractivity contribution < 1.29 is 36.8 Å². The zero-order valence-electron chi connectivity index (χ0n) is 18.3. The zero-order chi connectivity index (χ0) is 26.9. The number of thioether (sulfide) groups is 1. The minimum Gasteiger partial charge on any atom is -0.449 e. The maximum atomic E-state index is 14.0. The molecule has 7 nitrogen and oxygen atoms in total. The highest BCUT2D eigenvalue weighted by Crippen LogP contribution is 2.40. The Kier molecular flexibility index (Phi) is 7.37. The molecule has 0 aromatic heterocycles. The summed E-state index contributed by atoms with van der Waals surface area (Å²) in [4.78, 5) is 36.6. The monoisotopic (exact) mass is 596 g/mol. The lowest BCUT2D eigenvalue weighted by atomic mass is 10.1. The molecule has 0 N–H and O–H groups in total. The fourth-order valence-electron chi connectivity index (χ4n) is 3.34. The van der Waals surface area contributed by atoms with Crippen LogP contribution in [0.2, 0.25) is 0 Å². The predicted molar refractivity (Wildman–Crippen MR) is 130 cm³/mol. The Bertz CT molecular complexity index is 1460. The first kappa shape index (κ1) is 26.4. The van der Waals surface area contributed by atoms with Crippen LogP contribution in [0, 0.1) is 15.9 Å². The Morgan fingerprint density at radius 3 is 2.43 bits per heavy atom. The lowest BCUT2D eigenvalue weighted by Gasteiger charge is -2.13. The van der Waals surface area contributed by atoms with E-state index < -0.39 is 45.1 Å². The van der Waals surface area contributed by atoms with E-state index >= 15 is 0 Å². The van der Waals surface area contributed by atoms with Crippen molar-refractivity contribution in [1.82, 2.24) is 4.90 Å². The average Bonchev–Trinajstić information content (AvgIpc) is 3.08. The SMILES string of the molecule is O=C1S/C(=C\c2cc(Br)ccc2Oc2ccc(C(F)(F)F)cc2[N+](=O)[O-])C(=O)N1Cc1ccccc1F. The molecule has 1 fully saturated rings. The van der Waals surface area contributed by atoms with Crippen molar-refractivity contribution in [1.29, 1.82) is 0 Å². The van der Waals surface area contributed by atoms with Crippen molar-refractivity contribution in [3.8, 4) is 11.5 Å². The number of nitro groups is 1. The topological polar surface area (TPSA) is 89.7 Å². The number of rotatable bonds is 6. The molecule has 37 heavy (non-hydrogen) atoms. The summed E-state index contributed by atoms with van der Waals surface area (Å²) in [6, 6.07) is 11.9. The molecule has 0 bridgehead atoms. The molecule has 3 aromatic rings. The molecule has 0 unspecified atom stereocenters. The second-order valence-corrected chi connectivity index (χ2v) is 9.49. The Morgan fingerprint density at radius 1 is 1.05 bits per heavy atom. The first-order valence-corrected chi connectivity index (χ1v) is 11.9. The number of hydrogen-bond acceptors (Lipinski definition) is 6. The van der Waals surface area contributed by atoms with Gasteiger partial charge >= 0.3 is 11.9 Å². The van der Waals surface area contributed by atoms with Crippen LogP contribution in [0.1, 0.15) is 16.7 Å². The van der Waals surface area contributed by atoms with Gasteiger partial charge in [-0.15, -0.1) is 0 Å². The van der Waals surface area contributed by atoms with Crippen LogP contribution in [0.3, 0.4) is 0 Å². The zero-order valence-corrected chi connectivity index (χ0v) is 20.7. The lowest BCUT2D eigenvalue weighted by molar-refractivity contribution is -0.385. The van der Waals surface area contributed by atoms with Crippen LogP contribution in [0.5, 0.6) is 11.5 Å². The van der Waals surface area contributed by atoms with Crippen molar-refractivity contribution in [3.05, 3.63) is 103 Å². The Hall–Kier alpha value is -3.71. The molecule has 0 atom stereocenters. The molecule has 1 aliphatic rings. The van der Waals surface area contributed by atoms with E-state index in [-0.39, 0.29) is 28.3 Å². The molecule has 0 aliphatic carbocycles. The van der Waals surface area contributed by atoms with Crippen molar-refractivity contribution in [3.63, 3.8) is 0 Å².